The second-order valence-corrected chi connectivity index (χ2v) is 6.92. The lowest BCUT2D eigenvalue weighted by Gasteiger charge is -2.17. The van der Waals surface area contributed by atoms with Crippen LogP contribution in [0.3, 0.4) is 0 Å². The van der Waals surface area contributed by atoms with E-state index in [4.69, 9.17) is 11.6 Å². The van der Waals surface area contributed by atoms with Gasteiger partial charge in [-0.1, -0.05) is 41.9 Å². The predicted octanol–water partition coefficient (Wildman–Crippen LogP) is 3.30. The number of hydrogen-bond acceptors (Lipinski definition) is 2. The Morgan fingerprint density at radius 3 is 2.87 bits per heavy atom. The van der Waals surface area contributed by atoms with Crippen molar-refractivity contribution < 1.29 is 4.79 Å². The highest BCUT2D eigenvalue weighted by Gasteiger charge is 2.37. The summed E-state index contributed by atoms with van der Waals surface area (Å²) in [5, 5.41) is 3.86. The molecule has 0 bridgehead atoms. The molecule has 0 unspecified atom stereocenters. The molecule has 2 aromatic carbocycles. The number of halogens is 1. The highest BCUT2D eigenvalue weighted by Crippen LogP contribution is 2.36. The minimum Gasteiger partial charge on any atom is -0.352 e. The molecule has 2 aliphatic heterocycles. The first-order valence-corrected chi connectivity index (χ1v) is 8.42. The van der Waals surface area contributed by atoms with Crippen LogP contribution in [0.15, 0.2) is 48.5 Å². The summed E-state index contributed by atoms with van der Waals surface area (Å²) in [6.07, 6.45) is 0. The second-order valence-electron chi connectivity index (χ2n) is 6.49. The summed E-state index contributed by atoms with van der Waals surface area (Å²) in [5.41, 5.74) is 3.27. The van der Waals surface area contributed by atoms with Gasteiger partial charge in [0.2, 0.25) is 0 Å². The van der Waals surface area contributed by atoms with Crippen LogP contribution in [0.5, 0.6) is 0 Å². The van der Waals surface area contributed by atoms with Crippen molar-refractivity contribution in [2.75, 3.05) is 19.6 Å². The molecule has 118 valence electrons. The normalized spacial score (nSPS) is 23.8. The highest BCUT2D eigenvalue weighted by atomic mass is 35.5. The lowest BCUT2D eigenvalue weighted by atomic mass is 9.87. The summed E-state index contributed by atoms with van der Waals surface area (Å²) >= 11 is 6.09. The molecule has 1 fully saturated rings. The molecule has 1 N–H and O–H groups in total. The van der Waals surface area contributed by atoms with Gasteiger partial charge in [-0.3, -0.25) is 9.69 Å². The van der Waals surface area contributed by atoms with Gasteiger partial charge < -0.3 is 5.32 Å². The maximum Gasteiger partial charge on any atom is 0.251 e. The number of nitrogens with zero attached hydrogens (tertiary/aromatic N) is 1. The van der Waals surface area contributed by atoms with E-state index in [0.29, 0.717) is 11.8 Å². The van der Waals surface area contributed by atoms with Crippen molar-refractivity contribution >= 4 is 17.5 Å². The summed E-state index contributed by atoms with van der Waals surface area (Å²) in [6.45, 7) is 3.66. The van der Waals surface area contributed by atoms with Gasteiger partial charge in [-0.2, -0.15) is 0 Å². The number of benzene rings is 2. The molecule has 2 heterocycles. The van der Waals surface area contributed by atoms with E-state index >= 15 is 0 Å². The van der Waals surface area contributed by atoms with Crippen molar-refractivity contribution in [2.45, 2.75) is 12.5 Å². The quantitative estimate of drug-likeness (QED) is 0.918. The SMILES string of the molecule is O=C1NC[C@H]2CN(Cc3cccc(Cl)c3)C[C@@H]2c2ccccc21. The number of carbonyl (C=O) groups is 1. The molecule has 2 aromatic rings. The standard InChI is InChI=1S/C19H19ClN2O/c20-15-5-3-4-13(8-15)10-22-11-14-9-21-19(23)17-7-2-1-6-16(17)18(14)12-22/h1-8,14,18H,9-12H2,(H,21,23)/t14-,18-/m0/s1. The Bertz CT molecular complexity index is 746. The predicted molar refractivity (Wildman–Crippen MR) is 91.7 cm³/mol. The molecule has 0 aliphatic carbocycles. The van der Waals surface area contributed by atoms with Crippen molar-refractivity contribution in [1.29, 1.82) is 0 Å². The fourth-order valence-corrected chi connectivity index (χ4v) is 4.10. The van der Waals surface area contributed by atoms with Crippen LogP contribution in [0.25, 0.3) is 0 Å². The Morgan fingerprint density at radius 1 is 1.13 bits per heavy atom. The Labute approximate surface area is 141 Å². The summed E-state index contributed by atoms with van der Waals surface area (Å²) in [4.78, 5) is 14.7. The van der Waals surface area contributed by atoms with Crippen LogP contribution in [0, 0.1) is 5.92 Å². The van der Waals surface area contributed by atoms with Crippen LogP contribution in [-0.4, -0.2) is 30.4 Å². The van der Waals surface area contributed by atoms with E-state index in [-0.39, 0.29) is 5.91 Å². The van der Waals surface area contributed by atoms with Gasteiger partial charge >= 0.3 is 0 Å². The first-order chi connectivity index (χ1) is 11.2. The lowest BCUT2D eigenvalue weighted by molar-refractivity contribution is 0.0951. The Kier molecular flexibility index (Phi) is 3.83. The molecule has 1 saturated heterocycles. The molecule has 2 atom stereocenters. The van der Waals surface area contributed by atoms with Gasteiger partial charge in [0.1, 0.15) is 0 Å². The number of nitrogens with one attached hydrogen (secondary N) is 1. The third kappa shape index (κ3) is 2.87. The van der Waals surface area contributed by atoms with Crippen molar-refractivity contribution in [3.8, 4) is 0 Å². The Morgan fingerprint density at radius 2 is 2.00 bits per heavy atom. The van der Waals surface area contributed by atoms with E-state index in [0.717, 1.165) is 36.8 Å². The van der Waals surface area contributed by atoms with Crippen molar-refractivity contribution in [1.82, 2.24) is 10.2 Å². The Hall–Kier alpha value is -1.84. The van der Waals surface area contributed by atoms with Gasteiger partial charge in [-0.15, -0.1) is 0 Å². The highest BCUT2D eigenvalue weighted by molar-refractivity contribution is 6.30. The van der Waals surface area contributed by atoms with Crippen molar-refractivity contribution in [2.24, 2.45) is 5.92 Å². The lowest BCUT2D eigenvalue weighted by Crippen LogP contribution is -2.29. The Balaban J connectivity index is 1.57. The molecule has 4 heteroatoms. The van der Waals surface area contributed by atoms with E-state index in [1.165, 1.54) is 11.1 Å². The van der Waals surface area contributed by atoms with Gasteiger partial charge in [-0.05, 0) is 35.2 Å². The molecule has 0 spiro atoms. The summed E-state index contributed by atoms with van der Waals surface area (Å²) < 4.78 is 0. The maximum atomic E-state index is 12.2. The number of fused-ring (bicyclic) bond motifs is 3. The van der Waals surface area contributed by atoms with E-state index in [2.05, 4.69) is 22.3 Å². The first-order valence-electron chi connectivity index (χ1n) is 8.04. The number of hydrogen-bond donors (Lipinski definition) is 1. The van der Waals surface area contributed by atoms with Crippen LogP contribution in [0.2, 0.25) is 5.02 Å². The van der Waals surface area contributed by atoms with Crippen LogP contribution in [0.1, 0.15) is 27.4 Å². The number of rotatable bonds is 2. The topological polar surface area (TPSA) is 32.3 Å². The molecule has 3 nitrogen and oxygen atoms in total. The zero-order valence-corrected chi connectivity index (χ0v) is 13.6. The minimum atomic E-state index is 0.0661. The van der Waals surface area contributed by atoms with Gasteiger partial charge in [0.05, 0.1) is 0 Å². The zero-order chi connectivity index (χ0) is 15.8. The van der Waals surface area contributed by atoms with E-state index in [9.17, 15) is 4.79 Å². The fraction of sp³-hybridized carbons (Fsp3) is 0.316. The van der Waals surface area contributed by atoms with Crippen LogP contribution in [-0.2, 0) is 6.54 Å². The maximum absolute atomic E-state index is 12.2. The van der Waals surface area contributed by atoms with Crippen LogP contribution >= 0.6 is 11.6 Å². The fourth-order valence-electron chi connectivity index (χ4n) is 3.89. The average molecular weight is 327 g/mol. The largest absolute Gasteiger partial charge is 0.352 e. The van der Waals surface area contributed by atoms with E-state index in [1.807, 2.05) is 36.4 Å². The first kappa shape index (κ1) is 14.7. The monoisotopic (exact) mass is 326 g/mol. The molecular weight excluding hydrogens is 308 g/mol. The third-order valence-corrected chi connectivity index (χ3v) is 5.18. The second kappa shape index (κ2) is 5.99. The van der Waals surface area contributed by atoms with Crippen LogP contribution in [0.4, 0.5) is 0 Å². The minimum absolute atomic E-state index is 0.0661. The molecule has 4 rings (SSSR count). The molecule has 1 amide bonds. The molecule has 0 radical (unpaired) electrons. The molecule has 0 saturated carbocycles. The zero-order valence-electron chi connectivity index (χ0n) is 12.8. The van der Waals surface area contributed by atoms with Gasteiger partial charge in [-0.25, -0.2) is 0 Å². The smallest absolute Gasteiger partial charge is 0.251 e. The van der Waals surface area contributed by atoms with Crippen LogP contribution < -0.4 is 5.32 Å². The number of amides is 1. The summed E-state index contributed by atoms with van der Waals surface area (Å²) in [5.74, 6) is 0.961. The molecule has 0 aromatic heterocycles. The van der Waals surface area contributed by atoms with Gasteiger partial charge in [0.25, 0.3) is 5.91 Å². The summed E-state index contributed by atoms with van der Waals surface area (Å²) in [6, 6.07) is 16.1. The molecular formula is C19H19ClN2O. The third-order valence-electron chi connectivity index (χ3n) is 4.94. The van der Waals surface area contributed by atoms with Crippen molar-refractivity contribution in [3.63, 3.8) is 0 Å². The average Bonchev–Trinajstić information content (AvgIpc) is 2.90. The number of carbonyl (C=O) groups excluding carboxylic acids is 1. The summed E-state index contributed by atoms with van der Waals surface area (Å²) in [7, 11) is 0. The van der Waals surface area contributed by atoms with E-state index in [1.54, 1.807) is 0 Å². The number of likely N-dealkylation sites (tertiary alicyclic amines) is 1. The van der Waals surface area contributed by atoms with Gasteiger partial charge in [0, 0.05) is 42.7 Å². The van der Waals surface area contributed by atoms with Gasteiger partial charge in [0.15, 0.2) is 0 Å². The molecule has 23 heavy (non-hydrogen) atoms. The van der Waals surface area contributed by atoms with Crippen molar-refractivity contribution in [3.05, 3.63) is 70.2 Å². The molecule has 2 aliphatic rings. The van der Waals surface area contributed by atoms with E-state index < -0.39 is 0 Å².